The van der Waals surface area contributed by atoms with Crippen LogP contribution in [0.4, 0.5) is 13.2 Å². The molecule has 0 unspecified atom stereocenters. The van der Waals surface area contributed by atoms with E-state index in [4.69, 9.17) is 5.26 Å². The Balaban J connectivity index is 2.99. The molecule has 0 heterocycles. The van der Waals surface area contributed by atoms with E-state index in [9.17, 15) is 13.2 Å². The third-order valence-corrected chi connectivity index (χ3v) is 1.55. The summed E-state index contributed by atoms with van der Waals surface area (Å²) >= 11 is 0. The number of hydrogen-bond donors (Lipinski definition) is 0. The molecular weight excluding hydrogens is 191 g/mol. The van der Waals surface area contributed by atoms with Crippen LogP contribution in [0.1, 0.15) is 12.0 Å². The largest absolute Gasteiger partial charge is 0.206 e. The number of allylic oxidation sites excluding steroid dienone is 1. The van der Waals surface area contributed by atoms with Crippen molar-refractivity contribution in [3.8, 4) is 6.07 Å². The van der Waals surface area contributed by atoms with Crippen LogP contribution in [0.3, 0.4) is 0 Å². The van der Waals surface area contributed by atoms with E-state index in [1.165, 1.54) is 12.2 Å². The molecule has 0 amide bonds. The zero-order chi connectivity index (χ0) is 10.6. The van der Waals surface area contributed by atoms with Crippen molar-refractivity contribution < 1.29 is 13.2 Å². The van der Waals surface area contributed by atoms with Gasteiger partial charge in [-0.05, 0) is 6.07 Å². The molecule has 0 atom stereocenters. The van der Waals surface area contributed by atoms with E-state index >= 15 is 0 Å². The van der Waals surface area contributed by atoms with Gasteiger partial charge in [0.2, 0.25) is 0 Å². The Kier molecular flexibility index (Phi) is 3.29. The van der Waals surface area contributed by atoms with Crippen molar-refractivity contribution in [3.05, 3.63) is 41.2 Å². The fraction of sp³-hybridized carbons (Fsp3) is 0.100. The van der Waals surface area contributed by atoms with E-state index in [1.54, 1.807) is 6.07 Å². The average Bonchev–Trinajstić information content (AvgIpc) is 2.14. The standard InChI is InChI=1S/C10H6F3N/c11-8-6-10(13)9(12)5-7(8)3-1-2-4-14/h1,3,5-6H,2H2. The highest BCUT2D eigenvalue weighted by Gasteiger charge is 2.06. The van der Waals surface area contributed by atoms with Crippen molar-refractivity contribution in [2.45, 2.75) is 6.42 Å². The minimum absolute atomic E-state index is 0.0702. The molecule has 4 heteroatoms. The van der Waals surface area contributed by atoms with E-state index in [0.29, 0.717) is 6.07 Å². The van der Waals surface area contributed by atoms with Gasteiger partial charge in [0.05, 0.1) is 12.5 Å². The predicted molar refractivity (Wildman–Crippen MR) is 45.6 cm³/mol. The molecule has 0 saturated carbocycles. The first-order valence-electron chi connectivity index (χ1n) is 3.83. The predicted octanol–water partition coefficient (Wildman–Crippen LogP) is 3.03. The van der Waals surface area contributed by atoms with Gasteiger partial charge in [0.15, 0.2) is 11.6 Å². The summed E-state index contributed by atoms with van der Waals surface area (Å²) in [5.41, 5.74) is -0.0702. The normalized spacial score (nSPS) is 10.4. The van der Waals surface area contributed by atoms with Gasteiger partial charge in [0, 0.05) is 11.6 Å². The highest BCUT2D eigenvalue weighted by atomic mass is 19.2. The molecule has 1 aromatic rings. The first-order valence-corrected chi connectivity index (χ1v) is 3.83. The lowest BCUT2D eigenvalue weighted by Crippen LogP contribution is -1.89. The number of benzene rings is 1. The molecule has 0 spiro atoms. The number of halogens is 3. The molecule has 0 aliphatic carbocycles. The van der Waals surface area contributed by atoms with Crippen molar-refractivity contribution in [2.24, 2.45) is 0 Å². The van der Waals surface area contributed by atoms with Crippen LogP contribution in [0, 0.1) is 28.8 Å². The molecule has 0 aromatic heterocycles. The summed E-state index contributed by atoms with van der Waals surface area (Å²) in [6.45, 7) is 0. The van der Waals surface area contributed by atoms with Crippen molar-refractivity contribution in [1.29, 1.82) is 5.26 Å². The maximum atomic E-state index is 12.9. The summed E-state index contributed by atoms with van der Waals surface area (Å²) in [5, 5.41) is 8.18. The van der Waals surface area contributed by atoms with Gasteiger partial charge < -0.3 is 0 Å². The van der Waals surface area contributed by atoms with Gasteiger partial charge in [0.25, 0.3) is 0 Å². The van der Waals surface area contributed by atoms with Crippen molar-refractivity contribution >= 4 is 6.08 Å². The van der Waals surface area contributed by atoms with Gasteiger partial charge in [-0.2, -0.15) is 5.26 Å². The van der Waals surface area contributed by atoms with E-state index in [-0.39, 0.29) is 12.0 Å². The highest BCUT2D eigenvalue weighted by molar-refractivity contribution is 5.50. The zero-order valence-corrected chi connectivity index (χ0v) is 7.10. The molecule has 0 radical (unpaired) electrons. The van der Waals surface area contributed by atoms with Gasteiger partial charge in [-0.1, -0.05) is 12.2 Å². The summed E-state index contributed by atoms with van der Waals surface area (Å²) in [6, 6.07) is 3.03. The highest BCUT2D eigenvalue weighted by Crippen LogP contribution is 2.15. The number of nitrogens with zero attached hydrogens (tertiary/aromatic N) is 1. The molecule has 0 saturated heterocycles. The monoisotopic (exact) mass is 197 g/mol. The lowest BCUT2D eigenvalue weighted by Gasteiger charge is -1.97. The van der Waals surface area contributed by atoms with Crippen LogP contribution in [-0.4, -0.2) is 0 Å². The summed E-state index contributed by atoms with van der Waals surface area (Å²) in [7, 11) is 0. The summed E-state index contributed by atoms with van der Waals surface area (Å²) < 4.78 is 38.0. The second-order valence-corrected chi connectivity index (χ2v) is 2.55. The number of rotatable bonds is 2. The first kappa shape index (κ1) is 10.3. The second-order valence-electron chi connectivity index (χ2n) is 2.55. The molecule has 0 fully saturated rings. The van der Waals surface area contributed by atoms with Crippen LogP contribution in [-0.2, 0) is 0 Å². The third-order valence-electron chi connectivity index (χ3n) is 1.55. The number of nitriles is 1. The van der Waals surface area contributed by atoms with Crippen LogP contribution < -0.4 is 0 Å². The maximum absolute atomic E-state index is 12.9. The smallest absolute Gasteiger partial charge is 0.161 e. The Morgan fingerprint density at radius 1 is 1.14 bits per heavy atom. The van der Waals surface area contributed by atoms with Crippen molar-refractivity contribution in [2.75, 3.05) is 0 Å². The molecule has 1 rings (SSSR count). The Morgan fingerprint density at radius 3 is 2.43 bits per heavy atom. The van der Waals surface area contributed by atoms with Crippen LogP contribution in [0.5, 0.6) is 0 Å². The maximum Gasteiger partial charge on any atom is 0.161 e. The second kappa shape index (κ2) is 4.47. The Labute approximate surface area is 79.1 Å². The summed E-state index contributed by atoms with van der Waals surface area (Å²) in [6.07, 6.45) is 2.70. The molecule has 72 valence electrons. The van der Waals surface area contributed by atoms with E-state index < -0.39 is 17.5 Å². The Hall–Kier alpha value is -1.76. The van der Waals surface area contributed by atoms with Crippen LogP contribution >= 0.6 is 0 Å². The van der Waals surface area contributed by atoms with E-state index in [1.807, 2.05) is 0 Å². The van der Waals surface area contributed by atoms with Crippen molar-refractivity contribution in [3.63, 3.8) is 0 Å². The molecule has 0 N–H and O–H groups in total. The first-order chi connectivity index (χ1) is 6.65. The quantitative estimate of drug-likeness (QED) is 0.668. The molecule has 1 nitrogen and oxygen atoms in total. The average molecular weight is 197 g/mol. The van der Waals surface area contributed by atoms with Crippen LogP contribution in [0.2, 0.25) is 0 Å². The molecule has 0 bridgehead atoms. The SMILES string of the molecule is N#CCC=Cc1cc(F)c(F)cc1F. The van der Waals surface area contributed by atoms with E-state index in [2.05, 4.69) is 0 Å². The van der Waals surface area contributed by atoms with Crippen LogP contribution in [0.15, 0.2) is 18.2 Å². The summed E-state index contributed by atoms with van der Waals surface area (Å²) in [4.78, 5) is 0. The topological polar surface area (TPSA) is 23.8 Å². The Morgan fingerprint density at radius 2 is 1.79 bits per heavy atom. The molecule has 0 aliphatic heterocycles. The minimum atomic E-state index is -1.22. The van der Waals surface area contributed by atoms with Gasteiger partial charge in [-0.15, -0.1) is 0 Å². The number of hydrogen-bond acceptors (Lipinski definition) is 1. The Bertz CT molecular complexity index is 405. The molecular formula is C10H6F3N. The molecule has 1 aromatic carbocycles. The van der Waals surface area contributed by atoms with Crippen LogP contribution in [0.25, 0.3) is 6.08 Å². The minimum Gasteiger partial charge on any atom is -0.206 e. The molecule has 0 aliphatic rings. The fourth-order valence-corrected chi connectivity index (χ4v) is 0.904. The van der Waals surface area contributed by atoms with Crippen molar-refractivity contribution in [1.82, 2.24) is 0 Å². The lowest BCUT2D eigenvalue weighted by atomic mass is 10.2. The van der Waals surface area contributed by atoms with E-state index in [0.717, 1.165) is 6.07 Å². The summed E-state index contributed by atoms with van der Waals surface area (Å²) in [5.74, 6) is -3.18. The molecule has 14 heavy (non-hydrogen) atoms. The van der Waals surface area contributed by atoms with Gasteiger partial charge in [-0.25, -0.2) is 13.2 Å². The fourth-order valence-electron chi connectivity index (χ4n) is 0.904. The third kappa shape index (κ3) is 2.36. The zero-order valence-electron chi connectivity index (χ0n) is 7.10. The van der Waals surface area contributed by atoms with Gasteiger partial charge in [-0.3, -0.25) is 0 Å². The van der Waals surface area contributed by atoms with Gasteiger partial charge >= 0.3 is 0 Å². The van der Waals surface area contributed by atoms with Gasteiger partial charge in [0.1, 0.15) is 5.82 Å². The lowest BCUT2D eigenvalue weighted by molar-refractivity contribution is 0.494.